The lowest BCUT2D eigenvalue weighted by atomic mass is 10.1. The van der Waals surface area contributed by atoms with Crippen LogP contribution in [0.25, 0.3) is 0 Å². The van der Waals surface area contributed by atoms with Crippen molar-refractivity contribution in [2.45, 2.75) is 18.8 Å². The summed E-state index contributed by atoms with van der Waals surface area (Å²) in [5, 5.41) is 12.4. The maximum atomic E-state index is 13.7. The molecule has 156 valence electrons. The van der Waals surface area contributed by atoms with E-state index in [1.54, 1.807) is 12.1 Å². The van der Waals surface area contributed by atoms with Crippen molar-refractivity contribution in [1.82, 2.24) is 10.2 Å². The Morgan fingerprint density at radius 1 is 1.07 bits per heavy atom. The van der Waals surface area contributed by atoms with E-state index in [1.165, 1.54) is 12.1 Å². The van der Waals surface area contributed by atoms with Gasteiger partial charge in [0.1, 0.15) is 17.6 Å². The molecule has 30 heavy (non-hydrogen) atoms. The van der Waals surface area contributed by atoms with Crippen molar-refractivity contribution in [2.24, 2.45) is 4.99 Å². The number of halogens is 5. The van der Waals surface area contributed by atoms with Crippen molar-refractivity contribution >= 4 is 40.7 Å². The molecule has 6 nitrogen and oxygen atoms in total. The molecule has 1 aliphatic heterocycles. The highest BCUT2D eigenvalue weighted by Gasteiger charge is 2.40. The van der Waals surface area contributed by atoms with Gasteiger partial charge in [-0.05, 0) is 35.9 Å². The summed E-state index contributed by atoms with van der Waals surface area (Å²) in [5.74, 6) is -0.334. The number of hydrogen-bond donors (Lipinski definition) is 3. The summed E-state index contributed by atoms with van der Waals surface area (Å²) in [7, 11) is 0. The van der Waals surface area contributed by atoms with Crippen LogP contribution in [0.2, 0.25) is 10.0 Å². The lowest BCUT2D eigenvalue weighted by Crippen LogP contribution is -2.23. The Balaban J connectivity index is 1.56. The van der Waals surface area contributed by atoms with Crippen LogP contribution in [-0.4, -0.2) is 22.4 Å². The van der Waals surface area contributed by atoms with E-state index in [-0.39, 0.29) is 28.6 Å². The number of hydrogen-bond acceptors (Lipinski definition) is 3. The number of epoxide rings is 1. The molecule has 2 unspecified atom stereocenters. The smallest absolute Gasteiger partial charge is 0.279 e. The van der Waals surface area contributed by atoms with Gasteiger partial charge in [-0.1, -0.05) is 35.3 Å². The number of aromatic amines is 1. The summed E-state index contributed by atoms with van der Waals surface area (Å²) in [6.07, 6.45) is -3.55. The minimum atomic E-state index is -2.70. The summed E-state index contributed by atoms with van der Waals surface area (Å²) in [5.41, 5.74) is 0.827. The van der Waals surface area contributed by atoms with Crippen molar-refractivity contribution in [1.29, 1.82) is 0 Å². The molecule has 2 atom stereocenters. The predicted molar refractivity (Wildman–Crippen MR) is 109 cm³/mol. The van der Waals surface area contributed by atoms with E-state index < -0.39 is 18.5 Å². The Morgan fingerprint density at radius 2 is 1.83 bits per heavy atom. The molecule has 1 aromatic heterocycles. The summed E-state index contributed by atoms with van der Waals surface area (Å²) < 4.78 is 44.9. The van der Waals surface area contributed by atoms with Crippen LogP contribution >= 0.6 is 23.2 Å². The molecular formula is C19H14Cl2F3N5O. The van der Waals surface area contributed by atoms with Crippen molar-refractivity contribution in [3.05, 3.63) is 75.7 Å². The Kier molecular flexibility index (Phi) is 5.85. The van der Waals surface area contributed by atoms with Crippen LogP contribution in [-0.2, 0) is 4.74 Å². The molecule has 1 saturated heterocycles. The molecule has 1 fully saturated rings. The third-order valence-electron chi connectivity index (χ3n) is 4.13. The Morgan fingerprint density at radius 3 is 2.50 bits per heavy atom. The van der Waals surface area contributed by atoms with Crippen LogP contribution < -0.4 is 10.6 Å². The first-order valence-electron chi connectivity index (χ1n) is 8.70. The van der Waals surface area contributed by atoms with E-state index in [0.29, 0.717) is 10.7 Å². The minimum Gasteiger partial charge on any atom is -0.341 e. The molecule has 0 amide bonds. The van der Waals surface area contributed by atoms with Crippen molar-refractivity contribution in [3.63, 3.8) is 0 Å². The minimum absolute atomic E-state index is 0.0998. The third-order valence-corrected chi connectivity index (χ3v) is 4.60. The van der Waals surface area contributed by atoms with Gasteiger partial charge in [0.05, 0.1) is 0 Å². The van der Waals surface area contributed by atoms with Gasteiger partial charge in [-0.3, -0.25) is 5.10 Å². The SMILES string of the molecule is Fc1cc(Cl)cc(NC(=NC2OC2c2ccc(Cl)cc2)Nc2cc(C(F)F)[nH]n2)c1. The fourth-order valence-corrected chi connectivity index (χ4v) is 3.07. The molecule has 1 aliphatic rings. The number of benzene rings is 2. The Bertz CT molecular complexity index is 1050. The number of H-pyrrole nitrogens is 1. The van der Waals surface area contributed by atoms with Crippen LogP contribution in [0.1, 0.15) is 23.8 Å². The van der Waals surface area contributed by atoms with Gasteiger partial charge in [0.2, 0.25) is 5.96 Å². The number of nitrogens with zero attached hydrogens (tertiary/aromatic N) is 2. The van der Waals surface area contributed by atoms with E-state index >= 15 is 0 Å². The van der Waals surface area contributed by atoms with E-state index in [0.717, 1.165) is 17.7 Å². The largest absolute Gasteiger partial charge is 0.341 e. The lowest BCUT2D eigenvalue weighted by molar-refractivity contribution is 0.146. The molecule has 3 N–H and O–H groups in total. The van der Waals surface area contributed by atoms with Crippen LogP contribution in [0, 0.1) is 5.82 Å². The highest BCUT2D eigenvalue weighted by atomic mass is 35.5. The molecular weight excluding hydrogens is 442 g/mol. The molecule has 0 saturated carbocycles. The van der Waals surface area contributed by atoms with Gasteiger partial charge >= 0.3 is 0 Å². The summed E-state index contributed by atoms with van der Waals surface area (Å²) in [4.78, 5) is 4.40. The zero-order chi connectivity index (χ0) is 21.3. The van der Waals surface area contributed by atoms with Crippen LogP contribution in [0.3, 0.4) is 0 Å². The van der Waals surface area contributed by atoms with Gasteiger partial charge < -0.3 is 15.4 Å². The number of aliphatic imine (C=N–C) groups is 1. The standard InChI is InChI=1S/C19H14Cl2F3N5O/c20-10-3-1-9(2-4-10)16-18(30-16)27-19(25-13-6-11(21)5-12(22)7-13)26-15-8-14(17(23)24)28-29-15/h1-8,16-18H,(H3,25,26,27,28,29). The van der Waals surface area contributed by atoms with Crippen molar-refractivity contribution in [3.8, 4) is 0 Å². The first-order valence-corrected chi connectivity index (χ1v) is 9.45. The number of guanidine groups is 1. The van der Waals surface area contributed by atoms with Gasteiger partial charge in [0.25, 0.3) is 6.43 Å². The quantitative estimate of drug-likeness (QED) is 0.259. The first kappa shape index (κ1) is 20.5. The zero-order valence-corrected chi connectivity index (χ0v) is 16.6. The second kappa shape index (κ2) is 8.55. The molecule has 4 rings (SSSR count). The fourth-order valence-electron chi connectivity index (χ4n) is 2.72. The van der Waals surface area contributed by atoms with Gasteiger partial charge in [-0.25, -0.2) is 18.2 Å². The van der Waals surface area contributed by atoms with Gasteiger partial charge in [0, 0.05) is 21.8 Å². The van der Waals surface area contributed by atoms with E-state index in [4.69, 9.17) is 27.9 Å². The van der Waals surface area contributed by atoms with E-state index in [2.05, 4.69) is 25.8 Å². The molecule has 3 aromatic rings. The third kappa shape index (κ3) is 5.05. The Hall–Kier alpha value is -2.75. The first-order chi connectivity index (χ1) is 14.4. The van der Waals surface area contributed by atoms with Crippen LogP contribution in [0.15, 0.2) is 53.5 Å². The maximum Gasteiger partial charge on any atom is 0.279 e. The van der Waals surface area contributed by atoms with Crippen molar-refractivity contribution in [2.75, 3.05) is 10.6 Å². The highest BCUT2D eigenvalue weighted by Crippen LogP contribution is 2.40. The second-order valence-corrected chi connectivity index (χ2v) is 7.27. The summed E-state index contributed by atoms with van der Waals surface area (Å²) in [6.45, 7) is 0. The fraction of sp³-hybridized carbons (Fsp3) is 0.158. The number of alkyl halides is 2. The van der Waals surface area contributed by atoms with Gasteiger partial charge in [-0.15, -0.1) is 0 Å². The Labute approximate surface area is 179 Å². The lowest BCUT2D eigenvalue weighted by Gasteiger charge is -2.11. The molecule has 2 aromatic carbocycles. The molecule has 0 bridgehead atoms. The second-order valence-electron chi connectivity index (χ2n) is 6.39. The number of nitrogens with one attached hydrogen (secondary N) is 3. The van der Waals surface area contributed by atoms with E-state index in [1.807, 2.05) is 12.1 Å². The molecule has 0 aliphatic carbocycles. The average molecular weight is 456 g/mol. The zero-order valence-electron chi connectivity index (χ0n) is 15.0. The van der Waals surface area contributed by atoms with E-state index in [9.17, 15) is 13.2 Å². The molecule has 0 radical (unpaired) electrons. The maximum absolute atomic E-state index is 13.7. The number of aromatic nitrogens is 2. The highest BCUT2D eigenvalue weighted by molar-refractivity contribution is 6.31. The molecule has 11 heteroatoms. The van der Waals surface area contributed by atoms with Gasteiger partial charge in [-0.2, -0.15) is 5.10 Å². The van der Waals surface area contributed by atoms with Crippen molar-refractivity contribution < 1.29 is 17.9 Å². The monoisotopic (exact) mass is 455 g/mol. The van der Waals surface area contributed by atoms with Crippen LogP contribution in [0.4, 0.5) is 24.7 Å². The number of ether oxygens (including phenoxy) is 1. The number of anilines is 2. The predicted octanol–water partition coefficient (Wildman–Crippen LogP) is 5.77. The summed E-state index contributed by atoms with van der Waals surface area (Å²) in [6, 6.07) is 12.1. The normalized spacial score (nSPS) is 18.5. The average Bonchev–Trinajstić information content (AvgIpc) is 3.26. The van der Waals surface area contributed by atoms with Gasteiger partial charge in [0.15, 0.2) is 12.0 Å². The van der Waals surface area contributed by atoms with Crippen LogP contribution in [0.5, 0.6) is 0 Å². The molecule has 0 spiro atoms. The topological polar surface area (TPSA) is 77.6 Å². The number of rotatable bonds is 5. The summed E-state index contributed by atoms with van der Waals surface area (Å²) >= 11 is 11.8. The molecule has 2 heterocycles.